The minimum Gasteiger partial charge on any atom is -0.330 e. The maximum atomic E-state index is 12.3. The zero-order valence-electron chi connectivity index (χ0n) is 6.14. The van der Waals surface area contributed by atoms with Crippen LogP contribution in [0.1, 0.15) is 10.8 Å². The van der Waals surface area contributed by atoms with E-state index in [1.165, 1.54) is 11.3 Å². The summed E-state index contributed by atoms with van der Waals surface area (Å²) in [7, 11) is 0. The Kier molecular flexibility index (Phi) is 3.61. The zero-order valence-corrected chi connectivity index (χ0v) is 8.54. The normalized spacial score (nSPS) is 13.8. The Balaban J connectivity index is 2.87. The smallest absolute Gasteiger partial charge is 0.247 e. The summed E-state index contributed by atoms with van der Waals surface area (Å²) in [6.07, 6.45) is -2.38. The lowest BCUT2D eigenvalue weighted by Gasteiger charge is -2.11. The molecule has 1 nitrogen and oxygen atoms in total. The summed E-state index contributed by atoms with van der Waals surface area (Å²) >= 11 is 4.50. The number of hydrogen-bond acceptors (Lipinski definition) is 2. The molecule has 68 valence electrons. The molecule has 1 unspecified atom stereocenters. The van der Waals surface area contributed by atoms with Crippen LogP contribution >= 0.6 is 27.3 Å². The lowest BCUT2D eigenvalue weighted by Crippen LogP contribution is -2.18. The first-order valence-electron chi connectivity index (χ1n) is 3.38. The standard InChI is InChI=1S/C7H8BrF2NS/c8-5-1-2-12-6(5)4(3-11)7(9)10/h1-2,4,7H,3,11H2. The van der Waals surface area contributed by atoms with Crippen molar-refractivity contribution in [2.75, 3.05) is 6.54 Å². The Morgan fingerprint density at radius 2 is 2.25 bits per heavy atom. The predicted octanol–water partition coefficient (Wildman–Crippen LogP) is 2.82. The van der Waals surface area contributed by atoms with Crippen molar-refractivity contribution in [1.29, 1.82) is 0 Å². The van der Waals surface area contributed by atoms with Crippen molar-refractivity contribution in [3.05, 3.63) is 20.8 Å². The molecule has 0 aliphatic carbocycles. The molecule has 0 spiro atoms. The lowest BCUT2D eigenvalue weighted by atomic mass is 10.1. The van der Waals surface area contributed by atoms with Crippen LogP contribution in [0.15, 0.2) is 15.9 Å². The highest BCUT2D eigenvalue weighted by atomic mass is 79.9. The highest BCUT2D eigenvalue weighted by Gasteiger charge is 2.23. The number of alkyl halides is 2. The topological polar surface area (TPSA) is 26.0 Å². The van der Waals surface area contributed by atoms with E-state index in [0.717, 1.165) is 4.47 Å². The van der Waals surface area contributed by atoms with Crippen molar-refractivity contribution in [3.63, 3.8) is 0 Å². The van der Waals surface area contributed by atoms with Crippen molar-refractivity contribution in [3.8, 4) is 0 Å². The Labute approximate surface area is 81.7 Å². The monoisotopic (exact) mass is 255 g/mol. The van der Waals surface area contributed by atoms with Gasteiger partial charge in [0.05, 0.1) is 5.92 Å². The summed E-state index contributed by atoms with van der Waals surface area (Å²) in [5.74, 6) is -0.834. The van der Waals surface area contributed by atoms with E-state index < -0.39 is 12.3 Å². The average Bonchev–Trinajstić information content (AvgIpc) is 2.38. The van der Waals surface area contributed by atoms with Crippen LogP contribution in [0.3, 0.4) is 0 Å². The van der Waals surface area contributed by atoms with Gasteiger partial charge in [0.1, 0.15) is 0 Å². The second kappa shape index (κ2) is 4.30. The van der Waals surface area contributed by atoms with Gasteiger partial charge in [-0.2, -0.15) is 0 Å². The molecule has 0 aliphatic heterocycles. The Morgan fingerprint density at radius 1 is 1.58 bits per heavy atom. The van der Waals surface area contributed by atoms with E-state index in [1.807, 2.05) is 0 Å². The first-order valence-corrected chi connectivity index (χ1v) is 5.05. The molecule has 0 fully saturated rings. The molecular formula is C7H8BrF2NS. The van der Waals surface area contributed by atoms with E-state index in [4.69, 9.17) is 5.73 Å². The van der Waals surface area contributed by atoms with Crippen molar-refractivity contribution < 1.29 is 8.78 Å². The summed E-state index contributed by atoms with van der Waals surface area (Å²) in [6.45, 7) is -0.0171. The number of hydrogen-bond donors (Lipinski definition) is 1. The molecule has 5 heteroatoms. The Hall–Kier alpha value is -0.0000000000000000555. The van der Waals surface area contributed by atoms with Crippen molar-refractivity contribution in [2.24, 2.45) is 5.73 Å². The van der Waals surface area contributed by atoms with Gasteiger partial charge in [0.15, 0.2) is 0 Å². The van der Waals surface area contributed by atoms with Gasteiger partial charge < -0.3 is 5.73 Å². The number of thiophene rings is 1. The molecule has 0 aromatic carbocycles. The van der Waals surface area contributed by atoms with Crippen molar-refractivity contribution >= 4 is 27.3 Å². The van der Waals surface area contributed by atoms with Crippen LogP contribution in [0.4, 0.5) is 8.78 Å². The molecule has 0 amide bonds. The largest absolute Gasteiger partial charge is 0.330 e. The zero-order chi connectivity index (χ0) is 9.14. The first-order chi connectivity index (χ1) is 5.66. The molecule has 0 aliphatic rings. The van der Waals surface area contributed by atoms with Crippen LogP contribution in [0, 0.1) is 0 Å². The summed E-state index contributed by atoms with van der Waals surface area (Å²) in [4.78, 5) is 0.632. The van der Waals surface area contributed by atoms with Gasteiger partial charge in [0.25, 0.3) is 0 Å². The molecule has 1 heterocycles. The highest BCUT2D eigenvalue weighted by Crippen LogP contribution is 2.33. The fourth-order valence-electron chi connectivity index (χ4n) is 0.894. The van der Waals surface area contributed by atoms with E-state index in [9.17, 15) is 8.78 Å². The van der Waals surface area contributed by atoms with E-state index in [-0.39, 0.29) is 6.54 Å². The van der Waals surface area contributed by atoms with Crippen molar-refractivity contribution in [1.82, 2.24) is 0 Å². The fourth-order valence-corrected chi connectivity index (χ4v) is 2.68. The highest BCUT2D eigenvalue weighted by molar-refractivity contribution is 9.10. The van der Waals surface area contributed by atoms with Crippen molar-refractivity contribution in [2.45, 2.75) is 12.3 Å². The molecular weight excluding hydrogens is 248 g/mol. The van der Waals surface area contributed by atoms with Crippen LogP contribution in [0.5, 0.6) is 0 Å². The van der Waals surface area contributed by atoms with Crippen LogP contribution in [-0.4, -0.2) is 13.0 Å². The third-order valence-corrected chi connectivity index (χ3v) is 3.54. The number of halogens is 3. The van der Waals surface area contributed by atoms with E-state index >= 15 is 0 Å². The molecule has 1 aromatic heterocycles. The molecule has 12 heavy (non-hydrogen) atoms. The summed E-state index contributed by atoms with van der Waals surface area (Å²) in [6, 6.07) is 1.76. The third-order valence-electron chi connectivity index (χ3n) is 1.54. The van der Waals surface area contributed by atoms with Gasteiger partial charge in [0.2, 0.25) is 6.43 Å². The third kappa shape index (κ3) is 2.02. The van der Waals surface area contributed by atoms with Gasteiger partial charge in [-0.1, -0.05) is 0 Å². The van der Waals surface area contributed by atoms with Gasteiger partial charge in [-0.15, -0.1) is 11.3 Å². The van der Waals surface area contributed by atoms with Gasteiger partial charge in [-0.3, -0.25) is 0 Å². The van der Waals surface area contributed by atoms with Gasteiger partial charge in [-0.05, 0) is 27.4 Å². The number of rotatable bonds is 3. The van der Waals surface area contributed by atoms with Gasteiger partial charge in [-0.25, -0.2) is 8.78 Å². The molecule has 0 bridgehead atoms. The van der Waals surface area contributed by atoms with E-state index in [2.05, 4.69) is 15.9 Å². The summed E-state index contributed by atoms with van der Waals surface area (Å²) < 4.78 is 25.4. The average molecular weight is 256 g/mol. The number of nitrogens with two attached hydrogens (primary N) is 1. The quantitative estimate of drug-likeness (QED) is 0.884. The minimum absolute atomic E-state index is 0.0171. The van der Waals surface area contributed by atoms with E-state index in [1.54, 1.807) is 11.4 Å². The lowest BCUT2D eigenvalue weighted by molar-refractivity contribution is 0.118. The van der Waals surface area contributed by atoms with Gasteiger partial charge >= 0.3 is 0 Å². The maximum Gasteiger partial charge on any atom is 0.247 e. The molecule has 2 N–H and O–H groups in total. The van der Waals surface area contributed by atoms with Crippen LogP contribution in [0.2, 0.25) is 0 Å². The molecule has 0 saturated heterocycles. The first kappa shape index (κ1) is 10.1. The second-order valence-corrected chi connectivity index (χ2v) is 4.11. The summed E-state index contributed by atoms with van der Waals surface area (Å²) in [5.41, 5.74) is 5.24. The SMILES string of the molecule is NCC(c1sccc1Br)C(F)F. The van der Waals surface area contributed by atoms with Crippen LogP contribution in [-0.2, 0) is 0 Å². The Bertz CT molecular complexity index is 251. The summed E-state index contributed by atoms with van der Waals surface area (Å²) in [5, 5.41) is 1.77. The second-order valence-electron chi connectivity index (χ2n) is 2.31. The maximum absolute atomic E-state index is 12.3. The molecule has 0 saturated carbocycles. The van der Waals surface area contributed by atoms with E-state index in [0.29, 0.717) is 4.88 Å². The predicted molar refractivity (Wildman–Crippen MR) is 49.8 cm³/mol. The van der Waals surface area contributed by atoms with Gasteiger partial charge in [0, 0.05) is 15.9 Å². The fraction of sp³-hybridized carbons (Fsp3) is 0.429. The van der Waals surface area contributed by atoms with Crippen LogP contribution in [0.25, 0.3) is 0 Å². The molecule has 1 aromatic rings. The molecule has 1 atom stereocenters. The van der Waals surface area contributed by atoms with Crippen LogP contribution < -0.4 is 5.73 Å². The molecule has 1 rings (SSSR count). The Morgan fingerprint density at radius 3 is 2.58 bits per heavy atom. The molecule has 0 radical (unpaired) electrons. The minimum atomic E-state index is -2.38.